The van der Waals surface area contributed by atoms with E-state index in [1.807, 2.05) is 17.0 Å². The molecule has 200 valence electrons. The van der Waals surface area contributed by atoms with Crippen molar-refractivity contribution < 1.29 is 22.7 Å². The molecule has 1 amide bonds. The molecular weight excluding hydrogens is 493 g/mol. The summed E-state index contributed by atoms with van der Waals surface area (Å²) in [5.74, 6) is 0.325. The minimum absolute atomic E-state index is 0.0117. The first-order valence-corrected chi connectivity index (χ1v) is 13.0. The molecule has 0 radical (unpaired) electrons. The highest BCUT2D eigenvalue weighted by Gasteiger charge is 2.33. The molecule has 0 saturated carbocycles. The molecule has 0 bridgehead atoms. The van der Waals surface area contributed by atoms with E-state index in [1.54, 1.807) is 24.4 Å². The lowest BCUT2D eigenvalue weighted by molar-refractivity contribution is -0.138. The van der Waals surface area contributed by atoms with E-state index in [0.717, 1.165) is 50.7 Å². The fourth-order valence-electron chi connectivity index (χ4n) is 5.33. The Bertz CT molecular complexity index is 1270. The fourth-order valence-corrected chi connectivity index (χ4v) is 5.33. The van der Waals surface area contributed by atoms with Crippen LogP contribution in [0.3, 0.4) is 0 Å². The lowest BCUT2D eigenvalue weighted by atomic mass is 10.0. The fraction of sp³-hybridized carbons (Fsp3) is 0.379. The van der Waals surface area contributed by atoms with Gasteiger partial charge in [0.1, 0.15) is 6.61 Å². The van der Waals surface area contributed by atoms with Crippen LogP contribution in [-0.2, 0) is 12.8 Å². The van der Waals surface area contributed by atoms with Crippen molar-refractivity contribution in [2.75, 3.05) is 31.9 Å². The lowest BCUT2D eigenvalue weighted by Crippen LogP contribution is -2.42. The number of hydrogen-bond donors (Lipinski definition) is 1. The molecule has 2 fully saturated rings. The molecule has 2 aromatic carbocycles. The molecule has 38 heavy (non-hydrogen) atoms. The van der Waals surface area contributed by atoms with Gasteiger partial charge in [0.15, 0.2) is 11.6 Å². The average Bonchev–Trinajstić information content (AvgIpc) is 3.60. The maximum atomic E-state index is 13.3. The number of halogens is 3. The van der Waals surface area contributed by atoms with Gasteiger partial charge < -0.3 is 20.3 Å². The van der Waals surface area contributed by atoms with Crippen molar-refractivity contribution in [3.05, 3.63) is 77.5 Å². The number of likely N-dealkylation sites (tertiary alicyclic amines) is 2. The average molecular weight is 525 g/mol. The van der Waals surface area contributed by atoms with Crippen molar-refractivity contribution in [2.24, 2.45) is 0 Å². The summed E-state index contributed by atoms with van der Waals surface area (Å²) in [5.41, 5.74) is 7.33. The topological polar surface area (TPSA) is 71.7 Å². The zero-order valence-corrected chi connectivity index (χ0v) is 21.1. The van der Waals surface area contributed by atoms with Crippen LogP contribution >= 0.6 is 0 Å². The van der Waals surface area contributed by atoms with Crippen LogP contribution in [0.15, 0.2) is 60.8 Å². The first kappa shape index (κ1) is 26.0. The van der Waals surface area contributed by atoms with Crippen molar-refractivity contribution in [1.82, 2.24) is 14.8 Å². The van der Waals surface area contributed by atoms with Crippen molar-refractivity contribution in [2.45, 2.75) is 44.5 Å². The van der Waals surface area contributed by atoms with Gasteiger partial charge in [-0.2, -0.15) is 13.2 Å². The molecule has 9 heteroatoms. The van der Waals surface area contributed by atoms with Crippen molar-refractivity contribution in [1.29, 1.82) is 0 Å². The highest BCUT2D eigenvalue weighted by molar-refractivity contribution is 5.95. The summed E-state index contributed by atoms with van der Waals surface area (Å²) < 4.78 is 45.6. The monoisotopic (exact) mass is 524 g/mol. The van der Waals surface area contributed by atoms with Crippen molar-refractivity contribution >= 4 is 11.7 Å². The number of anilines is 1. The molecule has 5 rings (SSSR count). The van der Waals surface area contributed by atoms with E-state index in [4.69, 9.17) is 10.5 Å². The predicted molar refractivity (Wildman–Crippen MR) is 140 cm³/mol. The van der Waals surface area contributed by atoms with Gasteiger partial charge in [0, 0.05) is 42.0 Å². The zero-order valence-electron chi connectivity index (χ0n) is 21.1. The van der Waals surface area contributed by atoms with Gasteiger partial charge >= 0.3 is 6.18 Å². The number of pyridine rings is 1. The first-order valence-electron chi connectivity index (χ1n) is 13.0. The van der Waals surface area contributed by atoms with E-state index < -0.39 is 11.7 Å². The van der Waals surface area contributed by atoms with Crippen LogP contribution in [-0.4, -0.2) is 52.9 Å². The molecule has 0 aliphatic carbocycles. The number of nitrogens with zero attached hydrogens (tertiary/aromatic N) is 3. The Hall–Kier alpha value is -3.59. The maximum absolute atomic E-state index is 13.3. The Kier molecular flexibility index (Phi) is 7.56. The van der Waals surface area contributed by atoms with Gasteiger partial charge in [0.05, 0.1) is 5.56 Å². The number of hydrogen-bond acceptors (Lipinski definition) is 5. The van der Waals surface area contributed by atoms with Gasteiger partial charge in [-0.15, -0.1) is 0 Å². The third kappa shape index (κ3) is 5.78. The second-order valence-electron chi connectivity index (χ2n) is 9.93. The Morgan fingerprint density at radius 3 is 2.47 bits per heavy atom. The number of ether oxygens (including phenoxy) is 1. The number of alkyl halides is 3. The molecular formula is C29H31F3N4O2. The quantitative estimate of drug-likeness (QED) is 0.434. The number of nitrogen functional groups attached to an aromatic ring is 1. The molecule has 2 aliphatic heterocycles. The molecule has 3 heterocycles. The normalized spacial score (nSPS) is 18.2. The number of benzene rings is 2. The van der Waals surface area contributed by atoms with Crippen LogP contribution in [0.25, 0.3) is 11.1 Å². The van der Waals surface area contributed by atoms with E-state index in [9.17, 15) is 18.0 Å². The molecule has 2 saturated heterocycles. The molecule has 0 spiro atoms. The summed E-state index contributed by atoms with van der Waals surface area (Å²) in [6.07, 6.45) is 1.62. The number of nitrogens with two attached hydrogens (primary N) is 1. The van der Waals surface area contributed by atoms with E-state index in [2.05, 4.69) is 9.88 Å². The minimum atomic E-state index is -4.48. The van der Waals surface area contributed by atoms with E-state index in [0.29, 0.717) is 11.1 Å². The lowest BCUT2D eigenvalue weighted by Gasteiger charge is -2.28. The maximum Gasteiger partial charge on any atom is 0.416 e. The summed E-state index contributed by atoms with van der Waals surface area (Å²) in [6, 6.07) is 14.5. The van der Waals surface area contributed by atoms with Crippen molar-refractivity contribution in [3.63, 3.8) is 0 Å². The second kappa shape index (κ2) is 11.0. The summed E-state index contributed by atoms with van der Waals surface area (Å²) in [6.45, 7) is 3.65. The zero-order chi connectivity index (χ0) is 26.7. The third-order valence-corrected chi connectivity index (χ3v) is 7.36. The highest BCUT2D eigenvalue weighted by atomic mass is 19.4. The number of aromatic nitrogens is 1. The first-order chi connectivity index (χ1) is 18.3. The Balaban J connectivity index is 1.28. The smallest absolute Gasteiger partial charge is 0.416 e. The Labute approximate surface area is 220 Å². The van der Waals surface area contributed by atoms with E-state index in [-0.39, 0.29) is 35.7 Å². The molecule has 0 unspecified atom stereocenters. The second-order valence-corrected chi connectivity index (χ2v) is 9.93. The largest absolute Gasteiger partial charge is 0.485 e. The number of rotatable bonds is 7. The Morgan fingerprint density at radius 2 is 1.74 bits per heavy atom. The standard InChI is InChI=1S/C29H31F3N4O2/c30-29(31,32)25-8-2-1-6-22(25)19-38-26-16-23(17-34-27(26)33)20-9-11-21(12-10-20)28(37)36-15-5-7-24(36)18-35-13-3-4-14-35/h1-2,6,8-12,16-17,24H,3-5,7,13-15,18-19H2,(H2,33,34)/t24-/m1/s1. The molecule has 1 atom stereocenters. The molecule has 6 nitrogen and oxygen atoms in total. The van der Waals surface area contributed by atoms with Crippen LogP contribution in [0.4, 0.5) is 19.0 Å². The molecule has 2 aliphatic rings. The van der Waals surface area contributed by atoms with Gasteiger partial charge in [-0.25, -0.2) is 4.98 Å². The van der Waals surface area contributed by atoms with Gasteiger partial charge in [-0.05, 0) is 68.6 Å². The Morgan fingerprint density at radius 1 is 1.00 bits per heavy atom. The van der Waals surface area contributed by atoms with Gasteiger partial charge in [0.25, 0.3) is 5.91 Å². The van der Waals surface area contributed by atoms with Crippen LogP contribution in [0, 0.1) is 0 Å². The number of carbonyl (C=O) groups excluding carboxylic acids is 1. The molecule has 2 N–H and O–H groups in total. The highest BCUT2D eigenvalue weighted by Crippen LogP contribution is 2.33. The summed E-state index contributed by atoms with van der Waals surface area (Å²) in [5, 5.41) is 0. The number of carbonyl (C=O) groups is 1. The van der Waals surface area contributed by atoms with Gasteiger partial charge in [0.2, 0.25) is 0 Å². The van der Waals surface area contributed by atoms with Crippen LogP contribution in [0.5, 0.6) is 5.75 Å². The van der Waals surface area contributed by atoms with Crippen molar-refractivity contribution in [3.8, 4) is 16.9 Å². The third-order valence-electron chi connectivity index (χ3n) is 7.36. The number of amides is 1. The predicted octanol–water partition coefficient (Wildman–Crippen LogP) is 5.63. The van der Waals surface area contributed by atoms with Crippen LogP contribution in [0.2, 0.25) is 0 Å². The van der Waals surface area contributed by atoms with Gasteiger partial charge in [-0.3, -0.25) is 4.79 Å². The van der Waals surface area contributed by atoms with Crippen LogP contribution in [0.1, 0.15) is 47.2 Å². The minimum Gasteiger partial charge on any atom is -0.485 e. The summed E-state index contributed by atoms with van der Waals surface area (Å²) in [4.78, 5) is 21.9. The summed E-state index contributed by atoms with van der Waals surface area (Å²) >= 11 is 0. The van der Waals surface area contributed by atoms with E-state index >= 15 is 0 Å². The molecule has 3 aromatic rings. The van der Waals surface area contributed by atoms with Crippen LogP contribution < -0.4 is 10.5 Å². The molecule has 1 aromatic heterocycles. The SMILES string of the molecule is Nc1ncc(-c2ccc(C(=O)N3CCC[C@@H]3CN3CCCC3)cc2)cc1OCc1ccccc1C(F)(F)F. The van der Waals surface area contributed by atoms with E-state index in [1.165, 1.54) is 31.0 Å². The van der Waals surface area contributed by atoms with Gasteiger partial charge in [-0.1, -0.05) is 30.3 Å². The summed E-state index contributed by atoms with van der Waals surface area (Å²) in [7, 11) is 0.